The van der Waals surface area contributed by atoms with Gasteiger partial charge in [0.15, 0.2) is 5.82 Å². The molecule has 4 rings (SSSR count). The van der Waals surface area contributed by atoms with Crippen LogP contribution in [-0.2, 0) is 9.53 Å². The van der Waals surface area contributed by atoms with Crippen molar-refractivity contribution in [3.05, 3.63) is 30.1 Å². The Hall–Kier alpha value is -2.72. The van der Waals surface area contributed by atoms with Gasteiger partial charge < -0.3 is 20.3 Å². The second kappa shape index (κ2) is 9.03. The molecule has 0 spiro atoms. The van der Waals surface area contributed by atoms with Gasteiger partial charge in [-0.1, -0.05) is 23.5 Å². The molecular weight excluding hydrogens is 431 g/mol. The third-order valence-electron chi connectivity index (χ3n) is 5.04. The Kier molecular flexibility index (Phi) is 6.34. The van der Waals surface area contributed by atoms with Crippen LogP contribution < -0.4 is 15.5 Å². The molecule has 0 aliphatic carbocycles. The van der Waals surface area contributed by atoms with Crippen LogP contribution in [0.4, 0.5) is 15.3 Å². The van der Waals surface area contributed by atoms with Gasteiger partial charge in [0.05, 0.1) is 12.6 Å². The highest BCUT2D eigenvalue weighted by Gasteiger charge is 2.24. The van der Waals surface area contributed by atoms with Crippen molar-refractivity contribution in [1.82, 2.24) is 19.9 Å². The van der Waals surface area contributed by atoms with Crippen molar-refractivity contribution < 1.29 is 13.9 Å². The summed E-state index contributed by atoms with van der Waals surface area (Å²) in [5.41, 5.74) is 1.06. The Morgan fingerprint density at radius 3 is 2.91 bits per heavy atom. The fourth-order valence-corrected chi connectivity index (χ4v) is 4.43. The van der Waals surface area contributed by atoms with Crippen molar-refractivity contribution in [2.45, 2.75) is 45.3 Å². The number of nitrogens with one attached hydrogen (secondary N) is 2. The number of halogens is 1. The molecule has 8 nitrogen and oxygen atoms in total. The van der Waals surface area contributed by atoms with E-state index in [0.29, 0.717) is 33.7 Å². The van der Waals surface area contributed by atoms with Crippen LogP contribution >= 0.6 is 11.3 Å². The van der Waals surface area contributed by atoms with Gasteiger partial charge in [-0.3, -0.25) is 4.79 Å². The van der Waals surface area contributed by atoms with E-state index in [1.54, 1.807) is 15.5 Å². The summed E-state index contributed by atoms with van der Waals surface area (Å²) >= 11 is 1.38. The van der Waals surface area contributed by atoms with Crippen molar-refractivity contribution >= 4 is 33.2 Å². The standard InChI is InChI=1S/C22H29FN6O2S/c1-22(2,3)26-19-18(14-7-5-8-15(23)11-14)25-20-29(19)27-21(32-20)28(4)13-17(30)24-12-16-9-6-10-31-16/h5,7-8,11,16,26H,6,9-10,12-13H2,1-4H3,(H,24,30). The van der Waals surface area contributed by atoms with Crippen LogP contribution in [0.25, 0.3) is 16.2 Å². The second-order valence-electron chi connectivity index (χ2n) is 9.07. The summed E-state index contributed by atoms with van der Waals surface area (Å²) in [6.45, 7) is 7.60. The third kappa shape index (κ3) is 5.18. The number of benzene rings is 1. The van der Waals surface area contributed by atoms with Gasteiger partial charge in [0.1, 0.15) is 11.5 Å². The van der Waals surface area contributed by atoms with Crippen molar-refractivity contribution in [3.63, 3.8) is 0 Å². The van der Waals surface area contributed by atoms with Crippen LogP contribution in [0.1, 0.15) is 33.6 Å². The zero-order valence-corrected chi connectivity index (χ0v) is 19.6. The number of carbonyl (C=O) groups excluding carboxylic acids is 1. The molecule has 10 heteroatoms. The van der Waals surface area contributed by atoms with Gasteiger partial charge in [-0.2, -0.15) is 4.52 Å². The topological polar surface area (TPSA) is 83.8 Å². The molecular formula is C22H29FN6O2S. The number of anilines is 2. The molecule has 0 bridgehead atoms. The maximum atomic E-state index is 13.8. The molecule has 1 aromatic carbocycles. The predicted molar refractivity (Wildman–Crippen MR) is 125 cm³/mol. The van der Waals surface area contributed by atoms with E-state index in [-0.39, 0.29) is 29.9 Å². The number of likely N-dealkylation sites (N-methyl/N-ethyl adjacent to an activating group) is 1. The number of imidazole rings is 1. The van der Waals surface area contributed by atoms with E-state index in [0.717, 1.165) is 19.4 Å². The van der Waals surface area contributed by atoms with Gasteiger partial charge in [-0.15, -0.1) is 5.10 Å². The maximum Gasteiger partial charge on any atom is 0.239 e. The van der Waals surface area contributed by atoms with Gasteiger partial charge >= 0.3 is 0 Å². The van der Waals surface area contributed by atoms with Gasteiger partial charge in [0.25, 0.3) is 0 Å². The van der Waals surface area contributed by atoms with Crippen LogP contribution in [0.2, 0.25) is 0 Å². The van der Waals surface area contributed by atoms with Crippen LogP contribution in [0, 0.1) is 5.82 Å². The number of hydrogen-bond acceptors (Lipinski definition) is 7. The number of hydrogen-bond donors (Lipinski definition) is 2. The van der Waals surface area contributed by atoms with Crippen molar-refractivity contribution in [2.24, 2.45) is 0 Å². The first-order valence-electron chi connectivity index (χ1n) is 10.7. The predicted octanol–water partition coefficient (Wildman–Crippen LogP) is 3.54. The lowest BCUT2D eigenvalue weighted by Gasteiger charge is -2.22. The number of carbonyl (C=O) groups is 1. The lowest BCUT2D eigenvalue weighted by molar-refractivity contribution is -0.120. The minimum atomic E-state index is -0.317. The van der Waals surface area contributed by atoms with E-state index in [1.165, 1.54) is 23.5 Å². The summed E-state index contributed by atoms with van der Waals surface area (Å²) in [5.74, 6) is 0.295. The molecule has 2 aromatic heterocycles. The summed E-state index contributed by atoms with van der Waals surface area (Å²) in [6.07, 6.45) is 2.14. The Bertz CT molecular complexity index is 1100. The molecule has 3 aromatic rings. The summed E-state index contributed by atoms with van der Waals surface area (Å²) in [4.78, 5) is 19.5. The number of ether oxygens (including phenoxy) is 1. The lowest BCUT2D eigenvalue weighted by atomic mass is 10.1. The zero-order valence-electron chi connectivity index (χ0n) is 18.8. The zero-order chi connectivity index (χ0) is 22.9. The molecule has 0 radical (unpaired) electrons. The summed E-state index contributed by atoms with van der Waals surface area (Å²) in [7, 11) is 1.83. The largest absolute Gasteiger partial charge is 0.376 e. The molecule has 2 N–H and O–H groups in total. The highest BCUT2D eigenvalue weighted by atomic mass is 32.1. The lowest BCUT2D eigenvalue weighted by Crippen LogP contribution is -2.38. The molecule has 1 fully saturated rings. The Morgan fingerprint density at radius 2 is 2.22 bits per heavy atom. The normalized spacial score (nSPS) is 16.5. The minimum absolute atomic E-state index is 0.0793. The van der Waals surface area contributed by atoms with Crippen LogP contribution in [0.5, 0.6) is 0 Å². The Balaban J connectivity index is 1.55. The van der Waals surface area contributed by atoms with Crippen molar-refractivity contribution in [1.29, 1.82) is 0 Å². The van der Waals surface area contributed by atoms with Crippen LogP contribution in [0.3, 0.4) is 0 Å². The first-order valence-corrected chi connectivity index (χ1v) is 11.5. The quantitative estimate of drug-likeness (QED) is 0.561. The first kappa shape index (κ1) is 22.5. The fourth-order valence-electron chi connectivity index (χ4n) is 3.57. The highest BCUT2D eigenvalue weighted by molar-refractivity contribution is 7.20. The van der Waals surface area contributed by atoms with Gasteiger partial charge in [-0.05, 0) is 45.7 Å². The number of aromatic nitrogens is 3. The Morgan fingerprint density at radius 1 is 1.41 bits per heavy atom. The average Bonchev–Trinajstić information content (AvgIpc) is 3.43. The molecule has 1 unspecified atom stereocenters. The summed E-state index contributed by atoms with van der Waals surface area (Å²) < 4.78 is 21.1. The van der Waals surface area contributed by atoms with Gasteiger partial charge in [0.2, 0.25) is 16.0 Å². The van der Waals surface area contributed by atoms with Gasteiger partial charge in [0, 0.05) is 31.3 Å². The summed E-state index contributed by atoms with van der Waals surface area (Å²) in [6, 6.07) is 6.37. The molecule has 3 heterocycles. The van der Waals surface area contributed by atoms with E-state index in [1.807, 2.05) is 33.9 Å². The minimum Gasteiger partial charge on any atom is -0.376 e. The molecule has 1 atom stereocenters. The molecule has 1 saturated heterocycles. The fraction of sp³-hybridized carbons (Fsp3) is 0.500. The summed E-state index contributed by atoms with van der Waals surface area (Å²) in [5, 5.41) is 11.7. The monoisotopic (exact) mass is 460 g/mol. The van der Waals surface area contributed by atoms with E-state index >= 15 is 0 Å². The number of rotatable bonds is 7. The molecule has 1 amide bonds. The molecule has 172 valence electrons. The van der Waals surface area contributed by atoms with Gasteiger partial charge in [-0.25, -0.2) is 9.37 Å². The smallest absolute Gasteiger partial charge is 0.239 e. The SMILES string of the molecule is CN(CC(=O)NCC1CCCO1)c1nn2c(NC(C)(C)C)c(-c3cccc(F)c3)nc2s1. The third-order valence-corrected chi connectivity index (χ3v) is 6.07. The number of nitrogens with zero attached hydrogens (tertiary/aromatic N) is 4. The van der Waals surface area contributed by atoms with E-state index < -0.39 is 0 Å². The number of amides is 1. The molecule has 1 aliphatic rings. The Labute approximate surface area is 190 Å². The molecule has 0 saturated carbocycles. The van der Waals surface area contributed by atoms with Crippen molar-refractivity contribution in [2.75, 3.05) is 37.0 Å². The van der Waals surface area contributed by atoms with Crippen molar-refractivity contribution in [3.8, 4) is 11.3 Å². The van der Waals surface area contributed by atoms with E-state index in [2.05, 4.69) is 10.6 Å². The van der Waals surface area contributed by atoms with Crippen LogP contribution in [-0.4, -0.2) is 58.9 Å². The average molecular weight is 461 g/mol. The molecule has 1 aliphatic heterocycles. The maximum absolute atomic E-state index is 13.8. The van der Waals surface area contributed by atoms with E-state index in [9.17, 15) is 9.18 Å². The number of fused-ring (bicyclic) bond motifs is 1. The first-order chi connectivity index (χ1) is 15.2. The van der Waals surface area contributed by atoms with E-state index in [4.69, 9.17) is 14.8 Å². The molecule has 32 heavy (non-hydrogen) atoms. The van der Waals surface area contributed by atoms with Crippen LogP contribution in [0.15, 0.2) is 24.3 Å². The highest BCUT2D eigenvalue weighted by Crippen LogP contribution is 2.34. The second-order valence-corrected chi connectivity index (χ2v) is 10.0.